The Hall–Kier alpha value is -2.70. The zero-order valence-corrected chi connectivity index (χ0v) is 27.1. The van der Waals surface area contributed by atoms with E-state index in [9.17, 15) is 32.7 Å². The summed E-state index contributed by atoms with van der Waals surface area (Å²) in [6.45, 7) is 8.94. The minimum atomic E-state index is -4.95. The van der Waals surface area contributed by atoms with Gasteiger partial charge in [-0.05, 0) is 80.2 Å². The molecule has 2 aliphatic rings. The second kappa shape index (κ2) is 11.9. The van der Waals surface area contributed by atoms with Crippen molar-refractivity contribution in [3.05, 3.63) is 45.5 Å². The summed E-state index contributed by atoms with van der Waals surface area (Å²) in [6.07, 6.45) is -0.160. The van der Waals surface area contributed by atoms with Crippen molar-refractivity contribution in [3.63, 3.8) is 0 Å². The fourth-order valence-corrected chi connectivity index (χ4v) is 7.32. The number of carbonyl (C=O) groups is 3. The first-order chi connectivity index (χ1) is 20.2. The fourth-order valence-electron chi connectivity index (χ4n) is 6.75. The number of Topliss-reactive ketones (excluding diaryl/α,β-unsaturated/α-hetero) is 1. The largest absolute Gasteiger partial charge is 0.481 e. The molecule has 2 fully saturated rings. The van der Waals surface area contributed by atoms with Crippen LogP contribution in [-0.4, -0.2) is 78.0 Å². The van der Waals surface area contributed by atoms with Gasteiger partial charge in [0.1, 0.15) is 0 Å². The Bertz CT molecular complexity index is 1410. The number of rotatable bonds is 7. The Morgan fingerprint density at radius 3 is 2.00 bits per heavy atom. The number of aliphatic carboxylic acids is 1. The van der Waals surface area contributed by atoms with Crippen molar-refractivity contribution in [1.82, 2.24) is 24.6 Å². The molecule has 1 saturated carbocycles. The molecule has 0 bridgehead atoms. The lowest BCUT2D eigenvalue weighted by Crippen LogP contribution is -2.63. The van der Waals surface area contributed by atoms with E-state index in [0.29, 0.717) is 12.8 Å². The molecular formula is C30H38Cl2F3N5O4. The normalized spacial score (nSPS) is 24.2. The van der Waals surface area contributed by atoms with Crippen LogP contribution in [0.2, 0.25) is 10.0 Å². The van der Waals surface area contributed by atoms with Crippen LogP contribution < -0.4 is 0 Å². The number of carbonyl (C=O) groups excluding carboxylic acids is 2. The predicted molar refractivity (Wildman–Crippen MR) is 159 cm³/mol. The van der Waals surface area contributed by atoms with Crippen LogP contribution in [0.25, 0.3) is 0 Å². The summed E-state index contributed by atoms with van der Waals surface area (Å²) in [4.78, 5) is 46.8. The first-order valence-electron chi connectivity index (χ1n) is 14.4. The van der Waals surface area contributed by atoms with E-state index in [0.717, 1.165) is 10.9 Å². The van der Waals surface area contributed by atoms with Gasteiger partial charge >= 0.3 is 12.1 Å². The highest BCUT2D eigenvalue weighted by molar-refractivity contribution is 6.39. The minimum Gasteiger partial charge on any atom is -0.481 e. The first kappa shape index (κ1) is 34.2. The summed E-state index contributed by atoms with van der Waals surface area (Å²) in [7, 11) is 1.95. The summed E-state index contributed by atoms with van der Waals surface area (Å²) < 4.78 is 45.0. The molecule has 9 nitrogen and oxygen atoms in total. The standard InChI is InChI=1S/C30H38Cl2F3N5O4/c1-27(2)11-18(12-28(3,4)38(27)6)39(16-22(41)23-20(31)14-36-15-21(23)32)25(42)19-13-37-40(24(19)30(33,34)35)17-7-9-29(5,10-8-17)26(43)44/h13-15,17-18H,7-12,16H2,1-6H3,(H,43,44). The molecule has 1 aliphatic carbocycles. The number of piperidine rings is 1. The van der Waals surface area contributed by atoms with E-state index in [-0.39, 0.29) is 41.3 Å². The Morgan fingerprint density at radius 1 is 1.00 bits per heavy atom. The van der Waals surface area contributed by atoms with Gasteiger partial charge in [0, 0.05) is 29.5 Å². The molecule has 44 heavy (non-hydrogen) atoms. The molecule has 242 valence electrons. The number of amides is 1. The van der Waals surface area contributed by atoms with E-state index in [1.807, 2.05) is 34.7 Å². The molecule has 3 heterocycles. The van der Waals surface area contributed by atoms with Crippen LogP contribution in [-0.2, 0) is 11.0 Å². The van der Waals surface area contributed by atoms with Gasteiger partial charge in [0.05, 0.1) is 45.4 Å². The zero-order chi connectivity index (χ0) is 33.0. The third kappa shape index (κ3) is 6.48. The molecule has 0 atom stereocenters. The van der Waals surface area contributed by atoms with Gasteiger partial charge in [-0.2, -0.15) is 18.3 Å². The molecule has 4 rings (SSSR count). The van der Waals surface area contributed by atoms with E-state index >= 15 is 0 Å². The van der Waals surface area contributed by atoms with Gasteiger partial charge in [-0.3, -0.25) is 28.9 Å². The van der Waals surface area contributed by atoms with Crippen LogP contribution >= 0.6 is 23.2 Å². The Morgan fingerprint density at radius 2 is 1.52 bits per heavy atom. The van der Waals surface area contributed by atoms with Crippen molar-refractivity contribution in [2.24, 2.45) is 5.41 Å². The van der Waals surface area contributed by atoms with E-state index in [1.165, 1.54) is 17.3 Å². The second-order valence-corrected chi connectivity index (χ2v) is 14.3. The van der Waals surface area contributed by atoms with Crippen molar-refractivity contribution in [1.29, 1.82) is 0 Å². The molecule has 0 unspecified atom stereocenters. The lowest BCUT2D eigenvalue weighted by atomic mass is 9.74. The third-order valence-electron chi connectivity index (χ3n) is 9.65. The molecule has 0 spiro atoms. The molecule has 2 aromatic heterocycles. The molecular weight excluding hydrogens is 622 g/mol. The van der Waals surface area contributed by atoms with Crippen LogP contribution in [0.15, 0.2) is 18.6 Å². The van der Waals surface area contributed by atoms with Crippen LogP contribution in [0.5, 0.6) is 0 Å². The average Bonchev–Trinajstić information content (AvgIpc) is 3.36. The minimum absolute atomic E-state index is 0.0339. The van der Waals surface area contributed by atoms with E-state index in [2.05, 4.69) is 15.0 Å². The summed E-state index contributed by atoms with van der Waals surface area (Å²) >= 11 is 12.5. The number of hydrogen-bond acceptors (Lipinski definition) is 6. The maximum absolute atomic E-state index is 14.7. The fraction of sp³-hybridized carbons (Fsp3) is 0.633. The monoisotopic (exact) mass is 659 g/mol. The number of alkyl halides is 3. The molecule has 1 aliphatic heterocycles. The lowest BCUT2D eigenvalue weighted by molar-refractivity contribution is -0.152. The SMILES string of the molecule is CN1C(C)(C)CC(N(CC(=O)c2c(Cl)cncc2Cl)C(=O)c2cnn(C3CCC(C)(C(=O)O)CC3)c2C(F)(F)F)CC1(C)C. The van der Waals surface area contributed by atoms with Crippen molar-refractivity contribution in [3.8, 4) is 0 Å². The Kier molecular flexibility index (Phi) is 9.25. The smallest absolute Gasteiger partial charge is 0.433 e. The number of carboxylic acids is 1. The molecule has 2 aromatic rings. The van der Waals surface area contributed by atoms with Crippen molar-refractivity contribution in [2.45, 2.75) is 102 Å². The van der Waals surface area contributed by atoms with Gasteiger partial charge in [0.25, 0.3) is 5.91 Å². The summed E-state index contributed by atoms with van der Waals surface area (Å²) in [5.41, 5.74) is -3.91. The number of halogens is 5. The van der Waals surface area contributed by atoms with Gasteiger partial charge in [-0.25, -0.2) is 0 Å². The number of likely N-dealkylation sites (tertiary alicyclic amines) is 1. The van der Waals surface area contributed by atoms with Gasteiger partial charge in [0.2, 0.25) is 0 Å². The van der Waals surface area contributed by atoms with E-state index in [1.54, 1.807) is 6.92 Å². The van der Waals surface area contributed by atoms with Crippen LogP contribution in [0.4, 0.5) is 13.2 Å². The number of ketones is 1. The molecule has 0 aromatic carbocycles. The highest BCUT2D eigenvalue weighted by Crippen LogP contribution is 2.44. The zero-order valence-electron chi connectivity index (χ0n) is 25.6. The van der Waals surface area contributed by atoms with Crippen molar-refractivity contribution >= 4 is 40.9 Å². The molecule has 0 radical (unpaired) electrons. The first-order valence-corrected chi connectivity index (χ1v) is 15.2. The third-order valence-corrected chi connectivity index (χ3v) is 10.2. The highest BCUT2D eigenvalue weighted by Gasteiger charge is 2.49. The number of aromatic nitrogens is 3. The van der Waals surface area contributed by atoms with Gasteiger partial charge in [-0.1, -0.05) is 23.2 Å². The number of hydrogen-bond donors (Lipinski definition) is 1. The summed E-state index contributed by atoms with van der Waals surface area (Å²) in [6, 6.07) is -1.35. The second-order valence-electron chi connectivity index (χ2n) is 13.5. The van der Waals surface area contributed by atoms with Crippen LogP contribution in [0.3, 0.4) is 0 Å². The van der Waals surface area contributed by atoms with Gasteiger partial charge in [0.15, 0.2) is 11.5 Å². The van der Waals surface area contributed by atoms with Gasteiger partial charge in [-0.15, -0.1) is 0 Å². The molecule has 1 N–H and O–H groups in total. The Balaban J connectivity index is 1.77. The highest BCUT2D eigenvalue weighted by atomic mass is 35.5. The van der Waals surface area contributed by atoms with E-state index in [4.69, 9.17) is 23.2 Å². The molecule has 14 heteroatoms. The van der Waals surface area contributed by atoms with Crippen LogP contribution in [0.1, 0.15) is 106 Å². The average molecular weight is 661 g/mol. The number of nitrogens with zero attached hydrogens (tertiary/aromatic N) is 5. The van der Waals surface area contributed by atoms with Crippen molar-refractivity contribution in [2.75, 3.05) is 13.6 Å². The lowest BCUT2D eigenvalue weighted by Gasteiger charge is -2.55. The van der Waals surface area contributed by atoms with Crippen molar-refractivity contribution < 1.29 is 32.7 Å². The number of carboxylic acid groups (broad SMARTS) is 1. The van der Waals surface area contributed by atoms with Crippen LogP contribution in [0, 0.1) is 5.41 Å². The Labute approximate surface area is 264 Å². The quantitative estimate of drug-likeness (QED) is 0.326. The summed E-state index contributed by atoms with van der Waals surface area (Å²) in [5, 5.41) is 13.5. The number of pyridine rings is 1. The molecule has 1 amide bonds. The maximum atomic E-state index is 14.7. The topological polar surface area (TPSA) is 109 Å². The van der Waals surface area contributed by atoms with Gasteiger partial charge < -0.3 is 10.0 Å². The summed E-state index contributed by atoms with van der Waals surface area (Å²) in [5.74, 6) is -2.61. The predicted octanol–water partition coefficient (Wildman–Crippen LogP) is 6.79. The van der Waals surface area contributed by atoms with E-state index < -0.39 is 70.2 Å². The molecule has 1 saturated heterocycles. The maximum Gasteiger partial charge on any atom is 0.433 e.